The van der Waals surface area contributed by atoms with Gasteiger partial charge in [0.1, 0.15) is 0 Å². The van der Waals surface area contributed by atoms with Crippen LogP contribution in [-0.2, 0) is 6.54 Å². The molecule has 5 heteroatoms. The third kappa shape index (κ3) is 2.55. The first-order valence-corrected chi connectivity index (χ1v) is 6.78. The summed E-state index contributed by atoms with van der Waals surface area (Å²) in [4.78, 5) is 20.0. The molecule has 2 heterocycles. The van der Waals surface area contributed by atoms with Crippen molar-refractivity contribution in [2.75, 3.05) is 19.8 Å². The number of H-pyrrole nitrogens is 2. The van der Waals surface area contributed by atoms with Crippen molar-refractivity contribution in [2.24, 2.45) is 0 Å². The topological polar surface area (TPSA) is 77.9 Å². The van der Waals surface area contributed by atoms with E-state index in [0.717, 1.165) is 23.1 Å². The fraction of sp³-hybridized carbons (Fsp3) is 0.188. The summed E-state index contributed by atoms with van der Waals surface area (Å²) in [5, 5.41) is 1.13. The number of nitrogen functional groups attached to an aromatic ring is 1. The molecule has 0 radical (unpaired) electrons. The van der Waals surface area contributed by atoms with Gasteiger partial charge in [-0.15, -0.1) is 0 Å². The maximum atomic E-state index is 12.0. The highest BCUT2D eigenvalue weighted by molar-refractivity contribution is 5.88. The molecule has 0 saturated carbocycles. The predicted octanol–water partition coefficient (Wildman–Crippen LogP) is 2.17. The summed E-state index contributed by atoms with van der Waals surface area (Å²) in [5.74, 6) is 0. The molecule has 1 aromatic carbocycles. The van der Waals surface area contributed by atoms with Gasteiger partial charge in [-0.05, 0) is 37.9 Å². The minimum Gasteiger partial charge on any atom is -0.398 e. The van der Waals surface area contributed by atoms with Crippen molar-refractivity contribution in [3.05, 3.63) is 52.4 Å². The predicted molar refractivity (Wildman–Crippen MR) is 86.2 cm³/mol. The number of nitrogens with one attached hydrogen (secondary N) is 2. The Morgan fingerprint density at radius 3 is 2.81 bits per heavy atom. The zero-order valence-corrected chi connectivity index (χ0v) is 12.1. The first-order chi connectivity index (χ1) is 10.0. The molecule has 0 aliphatic rings. The fourth-order valence-corrected chi connectivity index (χ4v) is 2.54. The number of pyridine rings is 1. The van der Waals surface area contributed by atoms with Gasteiger partial charge >= 0.3 is 0 Å². The Morgan fingerprint density at radius 1 is 1.24 bits per heavy atom. The number of nitrogens with zero attached hydrogens (tertiary/aromatic N) is 1. The van der Waals surface area contributed by atoms with E-state index in [2.05, 4.69) is 20.9 Å². The summed E-state index contributed by atoms with van der Waals surface area (Å²) in [6.07, 6.45) is 1.51. The normalized spacial score (nSPS) is 11.4. The summed E-state index contributed by atoms with van der Waals surface area (Å²) in [6.45, 7) is 0.849. The van der Waals surface area contributed by atoms with Crippen molar-refractivity contribution in [1.82, 2.24) is 14.9 Å². The van der Waals surface area contributed by atoms with Crippen LogP contribution in [0, 0.1) is 0 Å². The van der Waals surface area contributed by atoms with Crippen molar-refractivity contribution in [3.8, 4) is 11.3 Å². The molecular formula is C16H18N4O. The summed E-state index contributed by atoms with van der Waals surface area (Å²) in [6, 6.07) is 9.83. The average Bonchev–Trinajstić information content (AvgIpc) is 2.86. The van der Waals surface area contributed by atoms with Gasteiger partial charge in [-0.1, -0.05) is 12.1 Å². The lowest BCUT2D eigenvalue weighted by atomic mass is 10.1. The smallest absolute Gasteiger partial charge is 0.257 e. The first kappa shape index (κ1) is 13.5. The lowest BCUT2D eigenvalue weighted by Crippen LogP contribution is -2.10. The van der Waals surface area contributed by atoms with Gasteiger partial charge in [0.25, 0.3) is 5.56 Å². The van der Waals surface area contributed by atoms with Gasteiger partial charge in [-0.2, -0.15) is 0 Å². The number of benzene rings is 1. The average molecular weight is 282 g/mol. The van der Waals surface area contributed by atoms with E-state index < -0.39 is 0 Å². The molecule has 0 bridgehead atoms. The summed E-state index contributed by atoms with van der Waals surface area (Å²) in [7, 11) is 4.07. The second-order valence-electron chi connectivity index (χ2n) is 5.47. The first-order valence-electron chi connectivity index (χ1n) is 6.78. The van der Waals surface area contributed by atoms with Crippen LogP contribution in [0.2, 0.25) is 0 Å². The van der Waals surface area contributed by atoms with Gasteiger partial charge in [0, 0.05) is 29.3 Å². The molecule has 21 heavy (non-hydrogen) atoms. The van der Waals surface area contributed by atoms with Crippen LogP contribution in [-0.4, -0.2) is 29.0 Å². The van der Waals surface area contributed by atoms with Crippen LogP contribution in [0.4, 0.5) is 5.69 Å². The number of nitrogens with two attached hydrogens (primary N) is 1. The van der Waals surface area contributed by atoms with Crippen LogP contribution in [0.3, 0.4) is 0 Å². The largest absolute Gasteiger partial charge is 0.398 e. The highest BCUT2D eigenvalue weighted by Crippen LogP contribution is 2.26. The summed E-state index contributed by atoms with van der Waals surface area (Å²) >= 11 is 0. The SMILES string of the molecule is CN(C)Cc1cccc2[nH]c(-c3cc(N)c[nH]c3=O)cc12. The maximum Gasteiger partial charge on any atom is 0.257 e. The Bertz CT molecular complexity index is 845. The van der Waals surface area contributed by atoms with Crippen molar-refractivity contribution in [1.29, 1.82) is 0 Å². The van der Waals surface area contributed by atoms with Gasteiger partial charge in [0.15, 0.2) is 0 Å². The second-order valence-corrected chi connectivity index (χ2v) is 5.47. The van der Waals surface area contributed by atoms with Crippen LogP contribution in [0.15, 0.2) is 41.3 Å². The van der Waals surface area contributed by atoms with E-state index in [0.29, 0.717) is 11.3 Å². The summed E-state index contributed by atoms with van der Waals surface area (Å²) < 4.78 is 0. The van der Waals surface area contributed by atoms with Crippen LogP contribution >= 0.6 is 0 Å². The monoisotopic (exact) mass is 282 g/mol. The fourth-order valence-electron chi connectivity index (χ4n) is 2.54. The maximum absolute atomic E-state index is 12.0. The minimum absolute atomic E-state index is 0.148. The number of hydrogen-bond donors (Lipinski definition) is 3. The van der Waals surface area contributed by atoms with Crippen molar-refractivity contribution < 1.29 is 0 Å². The third-order valence-electron chi connectivity index (χ3n) is 3.46. The van der Waals surface area contributed by atoms with Crippen LogP contribution in [0.1, 0.15) is 5.56 Å². The zero-order valence-electron chi connectivity index (χ0n) is 12.1. The number of anilines is 1. The molecule has 3 rings (SSSR count). The minimum atomic E-state index is -0.148. The lowest BCUT2D eigenvalue weighted by Gasteiger charge is -2.10. The van der Waals surface area contributed by atoms with Crippen molar-refractivity contribution in [3.63, 3.8) is 0 Å². The van der Waals surface area contributed by atoms with Gasteiger partial charge in [0.05, 0.1) is 11.3 Å². The van der Waals surface area contributed by atoms with E-state index in [4.69, 9.17) is 5.73 Å². The molecule has 0 saturated heterocycles. The van der Waals surface area contributed by atoms with Gasteiger partial charge in [0.2, 0.25) is 0 Å². The quantitative estimate of drug-likeness (QED) is 0.689. The highest BCUT2D eigenvalue weighted by Gasteiger charge is 2.10. The van der Waals surface area contributed by atoms with E-state index in [1.165, 1.54) is 11.8 Å². The van der Waals surface area contributed by atoms with E-state index >= 15 is 0 Å². The number of rotatable bonds is 3. The molecule has 0 unspecified atom stereocenters. The molecule has 0 amide bonds. The second kappa shape index (κ2) is 5.10. The third-order valence-corrected chi connectivity index (χ3v) is 3.46. The zero-order chi connectivity index (χ0) is 15.0. The molecule has 108 valence electrons. The van der Waals surface area contributed by atoms with Crippen LogP contribution in [0.25, 0.3) is 22.2 Å². The van der Waals surface area contributed by atoms with E-state index in [1.807, 2.05) is 32.3 Å². The molecule has 4 N–H and O–H groups in total. The van der Waals surface area contributed by atoms with Crippen LogP contribution < -0.4 is 11.3 Å². The molecule has 3 aromatic rings. The Balaban J connectivity index is 2.17. The molecule has 0 aliphatic heterocycles. The number of aromatic amines is 2. The molecule has 5 nitrogen and oxygen atoms in total. The lowest BCUT2D eigenvalue weighted by molar-refractivity contribution is 0.404. The molecule has 0 fully saturated rings. The van der Waals surface area contributed by atoms with E-state index in [1.54, 1.807) is 6.07 Å². The Labute approximate surface area is 122 Å². The number of aromatic nitrogens is 2. The Hall–Kier alpha value is -2.53. The van der Waals surface area contributed by atoms with E-state index in [-0.39, 0.29) is 5.56 Å². The van der Waals surface area contributed by atoms with E-state index in [9.17, 15) is 4.79 Å². The van der Waals surface area contributed by atoms with Gasteiger partial charge < -0.3 is 20.6 Å². The summed E-state index contributed by atoms with van der Waals surface area (Å²) in [5.41, 5.74) is 9.74. The standard InChI is InChI=1S/C16H18N4O/c1-20(2)9-10-4-3-5-14-12(10)7-15(19-14)13-6-11(17)8-18-16(13)21/h3-8,19H,9,17H2,1-2H3,(H,18,21). The van der Waals surface area contributed by atoms with Gasteiger partial charge in [-0.25, -0.2) is 0 Å². The molecule has 0 aliphatic carbocycles. The Kier molecular flexibility index (Phi) is 3.27. The molecule has 2 aromatic heterocycles. The molecular weight excluding hydrogens is 264 g/mol. The number of hydrogen-bond acceptors (Lipinski definition) is 3. The van der Waals surface area contributed by atoms with Gasteiger partial charge in [-0.3, -0.25) is 4.79 Å². The van der Waals surface area contributed by atoms with Crippen LogP contribution in [0.5, 0.6) is 0 Å². The Morgan fingerprint density at radius 2 is 2.05 bits per heavy atom. The van der Waals surface area contributed by atoms with Crippen molar-refractivity contribution in [2.45, 2.75) is 6.54 Å². The molecule has 0 spiro atoms. The number of fused-ring (bicyclic) bond motifs is 1. The highest BCUT2D eigenvalue weighted by atomic mass is 16.1. The molecule has 0 atom stereocenters. The van der Waals surface area contributed by atoms with Crippen molar-refractivity contribution >= 4 is 16.6 Å².